The second-order valence-electron chi connectivity index (χ2n) is 3.85. The third kappa shape index (κ3) is 1.88. The minimum Gasteiger partial charge on any atom is -0.478 e. The molecular formula is C12H14O2S. The van der Waals surface area contributed by atoms with Crippen LogP contribution in [0.3, 0.4) is 0 Å². The molecule has 2 rings (SSSR count). The molecule has 0 saturated heterocycles. The van der Waals surface area contributed by atoms with Crippen molar-refractivity contribution in [1.29, 1.82) is 0 Å². The van der Waals surface area contributed by atoms with Gasteiger partial charge in [0.2, 0.25) is 0 Å². The second kappa shape index (κ2) is 4.27. The van der Waals surface area contributed by atoms with Crippen molar-refractivity contribution in [1.82, 2.24) is 0 Å². The lowest BCUT2D eigenvalue weighted by atomic mass is 9.78. The zero-order valence-corrected chi connectivity index (χ0v) is 9.51. The van der Waals surface area contributed by atoms with Gasteiger partial charge in [-0.25, -0.2) is 4.79 Å². The Bertz CT molecular complexity index is 383. The molecule has 80 valence electrons. The quantitative estimate of drug-likeness (QED) is 0.797. The first-order valence-corrected chi connectivity index (χ1v) is 6.36. The molecule has 0 spiro atoms. The van der Waals surface area contributed by atoms with E-state index < -0.39 is 5.97 Å². The van der Waals surface area contributed by atoms with Gasteiger partial charge in [0.15, 0.2) is 0 Å². The molecule has 0 radical (unpaired) electrons. The van der Waals surface area contributed by atoms with Crippen LogP contribution in [0.25, 0.3) is 0 Å². The van der Waals surface area contributed by atoms with Crippen molar-refractivity contribution in [2.24, 2.45) is 0 Å². The monoisotopic (exact) mass is 222 g/mol. The van der Waals surface area contributed by atoms with Crippen LogP contribution in [-0.2, 0) is 0 Å². The average Bonchev–Trinajstić information content (AvgIpc) is 2.15. The van der Waals surface area contributed by atoms with Crippen molar-refractivity contribution in [3.63, 3.8) is 0 Å². The van der Waals surface area contributed by atoms with Gasteiger partial charge < -0.3 is 5.11 Å². The van der Waals surface area contributed by atoms with E-state index in [0.29, 0.717) is 11.5 Å². The first-order valence-electron chi connectivity index (χ1n) is 5.14. The molecule has 15 heavy (non-hydrogen) atoms. The highest BCUT2D eigenvalue weighted by molar-refractivity contribution is 7.98. The minimum absolute atomic E-state index is 0.472. The fourth-order valence-corrected chi connectivity index (χ4v) is 2.74. The Balaban J connectivity index is 2.48. The summed E-state index contributed by atoms with van der Waals surface area (Å²) >= 11 is 1.64. The zero-order valence-electron chi connectivity index (χ0n) is 8.69. The maximum Gasteiger partial charge on any atom is 0.336 e. The summed E-state index contributed by atoms with van der Waals surface area (Å²) in [5, 5.41) is 9.14. The fraction of sp³-hybridized carbons (Fsp3) is 0.417. The molecule has 1 N–H and O–H groups in total. The van der Waals surface area contributed by atoms with E-state index in [1.807, 2.05) is 18.4 Å². The Morgan fingerprint density at radius 2 is 2.20 bits per heavy atom. The number of aromatic carboxylic acids is 1. The maximum atomic E-state index is 11.1. The van der Waals surface area contributed by atoms with E-state index in [1.165, 1.54) is 6.42 Å². The van der Waals surface area contributed by atoms with Gasteiger partial charge in [0.05, 0.1) is 5.56 Å². The molecule has 0 heterocycles. The molecule has 1 saturated carbocycles. The van der Waals surface area contributed by atoms with Gasteiger partial charge in [0.1, 0.15) is 0 Å². The van der Waals surface area contributed by atoms with Crippen molar-refractivity contribution in [3.05, 3.63) is 29.3 Å². The van der Waals surface area contributed by atoms with Crippen molar-refractivity contribution < 1.29 is 9.90 Å². The number of benzene rings is 1. The molecule has 0 aliphatic heterocycles. The molecule has 1 aliphatic rings. The Hall–Kier alpha value is -0.960. The molecule has 0 atom stereocenters. The topological polar surface area (TPSA) is 37.3 Å². The third-order valence-corrected chi connectivity index (χ3v) is 3.83. The summed E-state index contributed by atoms with van der Waals surface area (Å²) in [6.07, 6.45) is 5.51. The first-order chi connectivity index (χ1) is 7.24. The number of hydrogen-bond donors (Lipinski definition) is 1. The number of hydrogen-bond acceptors (Lipinski definition) is 2. The van der Waals surface area contributed by atoms with E-state index in [9.17, 15) is 4.79 Å². The molecule has 1 aromatic rings. The van der Waals surface area contributed by atoms with Crippen molar-refractivity contribution in [3.8, 4) is 0 Å². The fourth-order valence-electron chi connectivity index (χ4n) is 2.03. The SMILES string of the molecule is CSc1cccc(C(=O)O)c1C1CCC1. The van der Waals surface area contributed by atoms with Crippen LogP contribution in [0.15, 0.2) is 23.1 Å². The molecule has 0 amide bonds. The van der Waals surface area contributed by atoms with E-state index in [0.717, 1.165) is 23.3 Å². The summed E-state index contributed by atoms with van der Waals surface area (Å²) in [5.41, 5.74) is 1.55. The summed E-state index contributed by atoms with van der Waals surface area (Å²) in [6.45, 7) is 0. The first kappa shape index (κ1) is 10.6. The molecule has 1 aliphatic carbocycles. The maximum absolute atomic E-state index is 11.1. The molecule has 0 aromatic heterocycles. The van der Waals surface area contributed by atoms with Gasteiger partial charge in [-0.3, -0.25) is 0 Å². The van der Waals surface area contributed by atoms with Gasteiger partial charge in [0.25, 0.3) is 0 Å². The van der Waals surface area contributed by atoms with Crippen molar-refractivity contribution >= 4 is 17.7 Å². The highest BCUT2D eigenvalue weighted by Gasteiger charge is 2.26. The van der Waals surface area contributed by atoms with Gasteiger partial charge in [0, 0.05) is 4.90 Å². The van der Waals surface area contributed by atoms with Crippen molar-refractivity contribution in [2.45, 2.75) is 30.1 Å². The van der Waals surface area contributed by atoms with Crippen LogP contribution in [0.5, 0.6) is 0 Å². The lowest BCUT2D eigenvalue weighted by molar-refractivity contribution is 0.0694. The van der Waals surface area contributed by atoms with Crippen LogP contribution >= 0.6 is 11.8 Å². The summed E-state index contributed by atoms with van der Waals surface area (Å²) in [6, 6.07) is 5.57. The summed E-state index contributed by atoms with van der Waals surface area (Å²) in [5.74, 6) is -0.326. The number of thioether (sulfide) groups is 1. The minimum atomic E-state index is -0.798. The summed E-state index contributed by atoms with van der Waals surface area (Å²) in [7, 11) is 0. The number of rotatable bonds is 3. The number of carbonyl (C=O) groups is 1. The van der Waals surface area contributed by atoms with Crippen LogP contribution in [0.2, 0.25) is 0 Å². The second-order valence-corrected chi connectivity index (χ2v) is 4.70. The van der Waals surface area contributed by atoms with Crippen LogP contribution in [0, 0.1) is 0 Å². The van der Waals surface area contributed by atoms with Crippen LogP contribution in [0.1, 0.15) is 41.1 Å². The van der Waals surface area contributed by atoms with Gasteiger partial charge >= 0.3 is 5.97 Å². The highest BCUT2D eigenvalue weighted by Crippen LogP contribution is 2.42. The molecule has 1 fully saturated rings. The lowest BCUT2D eigenvalue weighted by Gasteiger charge is -2.28. The van der Waals surface area contributed by atoms with Gasteiger partial charge in [-0.2, -0.15) is 0 Å². The molecule has 1 aromatic carbocycles. The highest BCUT2D eigenvalue weighted by atomic mass is 32.2. The van der Waals surface area contributed by atoms with Crippen LogP contribution < -0.4 is 0 Å². The smallest absolute Gasteiger partial charge is 0.336 e. The predicted octanol–water partition coefficient (Wildman–Crippen LogP) is 3.37. The molecular weight excluding hydrogens is 208 g/mol. The summed E-state index contributed by atoms with van der Waals surface area (Å²) < 4.78 is 0. The normalized spacial score (nSPS) is 16.1. The largest absolute Gasteiger partial charge is 0.478 e. The van der Waals surface area contributed by atoms with Crippen LogP contribution in [-0.4, -0.2) is 17.3 Å². The van der Waals surface area contributed by atoms with E-state index in [2.05, 4.69) is 0 Å². The Labute approximate surface area is 93.7 Å². The van der Waals surface area contributed by atoms with Gasteiger partial charge in [-0.05, 0) is 42.7 Å². The lowest BCUT2D eigenvalue weighted by Crippen LogP contribution is -2.14. The van der Waals surface area contributed by atoms with Gasteiger partial charge in [-0.1, -0.05) is 12.5 Å². The third-order valence-electron chi connectivity index (χ3n) is 3.03. The molecule has 0 bridgehead atoms. The molecule has 2 nitrogen and oxygen atoms in total. The van der Waals surface area contributed by atoms with E-state index >= 15 is 0 Å². The molecule has 3 heteroatoms. The summed E-state index contributed by atoms with van der Waals surface area (Å²) in [4.78, 5) is 12.2. The van der Waals surface area contributed by atoms with Crippen LogP contribution in [0.4, 0.5) is 0 Å². The molecule has 0 unspecified atom stereocenters. The van der Waals surface area contributed by atoms with E-state index in [-0.39, 0.29) is 0 Å². The Kier molecular flexibility index (Phi) is 3.00. The number of carboxylic acids is 1. The van der Waals surface area contributed by atoms with E-state index in [1.54, 1.807) is 17.8 Å². The predicted molar refractivity (Wildman–Crippen MR) is 61.8 cm³/mol. The average molecular weight is 222 g/mol. The Morgan fingerprint density at radius 1 is 1.47 bits per heavy atom. The zero-order chi connectivity index (χ0) is 10.8. The van der Waals surface area contributed by atoms with Gasteiger partial charge in [-0.15, -0.1) is 11.8 Å². The van der Waals surface area contributed by atoms with Crippen molar-refractivity contribution in [2.75, 3.05) is 6.26 Å². The number of carboxylic acid groups (broad SMARTS) is 1. The standard InChI is InChI=1S/C12H14O2S/c1-15-10-7-3-6-9(12(13)14)11(10)8-4-2-5-8/h3,6-8H,2,4-5H2,1H3,(H,13,14). The van der Waals surface area contributed by atoms with E-state index in [4.69, 9.17) is 5.11 Å². The Morgan fingerprint density at radius 3 is 2.67 bits per heavy atom.